The molecule has 4 N–H and O–H groups in total. The number of carbonyl (C=O) groups excluding carboxylic acids is 2. The summed E-state index contributed by atoms with van der Waals surface area (Å²) in [6.07, 6.45) is -4.14. The number of nitrogens with one attached hydrogen (secondary N) is 2. The highest BCUT2D eigenvalue weighted by molar-refractivity contribution is 6.32. The van der Waals surface area contributed by atoms with Gasteiger partial charge in [-0.3, -0.25) is 9.59 Å². The Morgan fingerprint density at radius 3 is 2.68 bits per heavy atom. The van der Waals surface area contributed by atoms with Crippen LogP contribution in [0.1, 0.15) is 15.9 Å². The zero-order valence-corrected chi connectivity index (χ0v) is 13.1. The molecule has 1 heterocycles. The van der Waals surface area contributed by atoms with Crippen LogP contribution in [0.25, 0.3) is 0 Å². The van der Waals surface area contributed by atoms with E-state index in [0.29, 0.717) is 6.29 Å². The van der Waals surface area contributed by atoms with Gasteiger partial charge in [-0.1, -0.05) is 17.7 Å². The van der Waals surface area contributed by atoms with Gasteiger partial charge in [-0.2, -0.15) is 18.2 Å². The molecule has 25 heavy (non-hydrogen) atoms. The van der Waals surface area contributed by atoms with Gasteiger partial charge in [0.15, 0.2) is 6.29 Å². The van der Waals surface area contributed by atoms with Gasteiger partial charge >= 0.3 is 6.18 Å². The van der Waals surface area contributed by atoms with Crippen molar-refractivity contribution in [3.8, 4) is 0 Å². The lowest BCUT2D eigenvalue weighted by Gasteiger charge is -2.11. The minimum Gasteiger partial charge on any atom is -0.368 e. The van der Waals surface area contributed by atoms with E-state index in [2.05, 4.69) is 20.6 Å². The first kappa shape index (κ1) is 18.5. The van der Waals surface area contributed by atoms with Crippen molar-refractivity contribution in [2.75, 3.05) is 22.9 Å². The third kappa shape index (κ3) is 4.80. The Bertz CT molecular complexity index is 814. The predicted molar refractivity (Wildman–Crippen MR) is 85.4 cm³/mol. The molecule has 0 bridgehead atoms. The second-order valence-corrected chi connectivity index (χ2v) is 5.09. The Hall–Kier alpha value is -2.88. The normalized spacial score (nSPS) is 11.0. The summed E-state index contributed by atoms with van der Waals surface area (Å²) in [5, 5.41) is 4.63. The molecule has 2 aromatic rings. The number of carbonyl (C=O) groups is 2. The number of halogens is 4. The number of nitrogens with zero attached hydrogens (tertiary/aromatic N) is 2. The summed E-state index contributed by atoms with van der Waals surface area (Å²) in [6.45, 7) is -0.385. The Morgan fingerprint density at radius 2 is 2.04 bits per heavy atom. The number of alkyl halides is 3. The van der Waals surface area contributed by atoms with E-state index in [0.717, 1.165) is 12.1 Å². The molecule has 0 unspecified atom stereocenters. The monoisotopic (exact) mass is 373 g/mol. The minimum atomic E-state index is -4.52. The van der Waals surface area contributed by atoms with Crippen molar-refractivity contribution in [3.05, 3.63) is 40.5 Å². The van der Waals surface area contributed by atoms with Crippen LogP contribution in [0.3, 0.4) is 0 Å². The van der Waals surface area contributed by atoms with E-state index in [1.165, 1.54) is 12.1 Å². The summed E-state index contributed by atoms with van der Waals surface area (Å²) in [5.41, 5.74) is 4.38. The number of anilines is 3. The number of nitrogens with two attached hydrogens (primary N) is 1. The molecule has 2 rings (SSSR count). The smallest absolute Gasteiger partial charge is 0.368 e. The quantitative estimate of drug-likeness (QED) is 0.549. The van der Waals surface area contributed by atoms with Gasteiger partial charge < -0.3 is 16.4 Å². The molecule has 1 aromatic heterocycles. The Labute approximate surface area is 144 Å². The maximum Gasteiger partial charge on any atom is 0.416 e. The largest absolute Gasteiger partial charge is 0.416 e. The predicted octanol–water partition coefficient (Wildman–Crippen LogP) is 2.59. The number of aromatic nitrogens is 2. The first-order valence-electron chi connectivity index (χ1n) is 6.70. The number of rotatable bonds is 5. The number of hydrogen-bond donors (Lipinski definition) is 3. The highest BCUT2D eigenvalue weighted by Crippen LogP contribution is 2.30. The van der Waals surface area contributed by atoms with Crippen LogP contribution in [0, 0.1) is 0 Å². The van der Waals surface area contributed by atoms with Crippen LogP contribution in [-0.4, -0.2) is 28.7 Å². The third-order valence-corrected chi connectivity index (χ3v) is 3.21. The molecule has 0 aliphatic heterocycles. The molecule has 1 amide bonds. The number of nitrogen functional groups attached to an aromatic ring is 1. The van der Waals surface area contributed by atoms with Crippen molar-refractivity contribution in [1.29, 1.82) is 0 Å². The Kier molecular flexibility index (Phi) is 5.42. The number of aldehydes is 1. The van der Waals surface area contributed by atoms with Gasteiger partial charge in [-0.25, -0.2) is 4.98 Å². The lowest BCUT2D eigenvalue weighted by Crippen LogP contribution is -2.23. The van der Waals surface area contributed by atoms with Crippen molar-refractivity contribution in [2.24, 2.45) is 0 Å². The van der Waals surface area contributed by atoms with E-state index >= 15 is 0 Å². The van der Waals surface area contributed by atoms with E-state index in [-0.39, 0.29) is 34.7 Å². The summed E-state index contributed by atoms with van der Waals surface area (Å²) < 4.78 is 37.9. The van der Waals surface area contributed by atoms with Gasteiger partial charge in [0.1, 0.15) is 11.0 Å². The molecule has 0 spiro atoms. The molecule has 0 fully saturated rings. The zero-order chi connectivity index (χ0) is 18.6. The molecular formula is C14H11ClF3N5O2. The standard InChI is InChI=1S/C14H11ClF3N5O2/c15-11-9(6-24)12(23-13(19)22-11)20-5-10(25)21-8-3-1-2-7(4-8)14(16,17)18/h1-4,6H,5H2,(H,21,25)(H3,19,20,22,23). The van der Waals surface area contributed by atoms with Crippen molar-refractivity contribution in [1.82, 2.24) is 9.97 Å². The second kappa shape index (κ2) is 7.34. The lowest BCUT2D eigenvalue weighted by atomic mass is 10.2. The molecule has 0 atom stereocenters. The number of benzene rings is 1. The van der Waals surface area contributed by atoms with E-state index in [1.54, 1.807) is 0 Å². The highest BCUT2D eigenvalue weighted by atomic mass is 35.5. The number of amides is 1. The van der Waals surface area contributed by atoms with Crippen molar-refractivity contribution < 1.29 is 22.8 Å². The summed E-state index contributed by atoms with van der Waals surface area (Å²) in [7, 11) is 0. The van der Waals surface area contributed by atoms with Crippen molar-refractivity contribution >= 4 is 41.2 Å². The van der Waals surface area contributed by atoms with Gasteiger partial charge in [0, 0.05) is 5.69 Å². The first-order valence-corrected chi connectivity index (χ1v) is 7.07. The molecule has 11 heteroatoms. The van der Waals surface area contributed by atoms with Crippen LogP contribution in [0.4, 0.5) is 30.6 Å². The van der Waals surface area contributed by atoms with Gasteiger partial charge in [0.25, 0.3) is 0 Å². The van der Waals surface area contributed by atoms with Crippen LogP contribution >= 0.6 is 11.6 Å². The summed E-state index contributed by atoms with van der Waals surface area (Å²) in [5.74, 6) is -0.937. The fourth-order valence-electron chi connectivity index (χ4n) is 1.84. The van der Waals surface area contributed by atoms with Gasteiger partial charge in [-0.05, 0) is 18.2 Å². The molecule has 0 aliphatic carbocycles. The first-order chi connectivity index (χ1) is 11.7. The molecule has 7 nitrogen and oxygen atoms in total. The van der Waals surface area contributed by atoms with Crippen LogP contribution in [0.2, 0.25) is 5.15 Å². The van der Waals surface area contributed by atoms with Crippen molar-refractivity contribution in [2.45, 2.75) is 6.18 Å². The second-order valence-electron chi connectivity index (χ2n) is 4.73. The summed E-state index contributed by atoms with van der Waals surface area (Å²) in [4.78, 5) is 30.2. The van der Waals surface area contributed by atoms with Gasteiger partial charge in [0.2, 0.25) is 11.9 Å². The molecule has 132 valence electrons. The average molecular weight is 374 g/mol. The Morgan fingerprint density at radius 1 is 1.32 bits per heavy atom. The highest BCUT2D eigenvalue weighted by Gasteiger charge is 2.30. The maximum atomic E-state index is 12.6. The summed E-state index contributed by atoms with van der Waals surface area (Å²) in [6, 6.07) is 4.16. The molecule has 0 aliphatic rings. The van der Waals surface area contributed by atoms with Crippen molar-refractivity contribution in [3.63, 3.8) is 0 Å². The molecule has 0 saturated heterocycles. The Balaban J connectivity index is 2.06. The zero-order valence-electron chi connectivity index (χ0n) is 12.4. The minimum absolute atomic E-state index is 0.0301. The molecule has 0 radical (unpaired) electrons. The fourth-order valence-corrected chi connectivity index (χ4v) is 2.06. The van der Waals surface area contributed by atoms with Crippen LogP contribution < -0.4 is 16.4 Å². The maximum absolute atomic E-state index is 12.6. The van der Waals surface area contributed by atoms with E-state index in [9.17, 15) is 22.8 Å². The lowest BCUT2D eigenvalue weighted by molar-refractivity contribution is -0.137. The van der Waals surface area contributed by atoms with Gasteiger partial charge in [-0.15, -0.1) is 0 Å². The SMILES string of the molecule is Nc1nc(Cl)c(C=O)c(NCC(=O)Nc2cccc(C(F)(F)F)c2)n1. The van der Waals surface area contributed by atoms with Crippen LogP contribution in [0.5, 0.6) is 0 Å². The number of hydrogen-bond acceptors (Lipinski definition) is 6. The van der Waals surface area contributed by atoms with E-state index in [4.69, 9.17) is 17.3 Å². The molecular weight excluding hydrogens is 363 g/mol. The van der Waals surface area contributed by atoms with E-state index in [1.807, 2.05) is 0 Å². The molecule has 1 aromatic carbocycles. The van der Waals surface area contributed by atoms with E-state index < -0.39 is 17.6 Å². The topological polar surface area (TPSA) is 110 Å². The van der Waals surface area contributed by atoms with Crippen LogP contribution in [-0.2, 0) is 11.0 Å². The fraction of sp³-hybridized carbons (Fsp3) is 0.143. The third-order valence-electron chi connectivity index (χ3n) is 2.92. The van der Waals surface area contributed by atoms with Gasteiger partial charge in [0.05, 0.1) is 17.7 Å². The average Bonchev–Trinajstić information content (AvgIpc) is 2.52. The molecule has 0 saturated carbocycles. The summed E-state index contributed by atoms with van der Waals surface area (Å²) >= 11 is 5.73. The van der Waals surface area contributed by atoms with Crippen LogP contribution in [0.15, 0.2) is 24.3 Å².